The van der Waals surface area contributed by atoms with Crippen LogP contribution < -0.4 is 5.32 Å². The van der Waals surface area contributed by atoms with Gasteiger partial charge < -0.3 is 15.0 Å². The Morgan fingerprint density at radius 1 is 1.30 bits per heavy atom. The number of benzene rings is 1. The van der Waals surface area contributed by atoms with E-state index in [-0.39, 0.29) is 0 Å². The molecule has 1 saturated carbocycles. The molecule has 0 aliphatic heterocycles. The van der Waals surface area contributed by atoms with Gasteiger partial charge >= 0.3 is 0 Å². The summed E-state index contributed by atoms with van der Waals surface area (Å²) in [6, 6.07) is 8.69. The Labute approximate surface area is 140 Å². The van der Waals surface area contributed by atoms with Crippen molar-refractivity contribution in [2.24, 2.45) is 10.4 Å². The molecule has 0 atom stereocenters. The van der Waals surface area contributed by atoms with Gasteiger partial charge in [-0.05, 0) is 44.1 Å². The lowest BCUT2D eigenvalue weighted by Gasteiger charge is -2.24. The monoisotopic (exact) mass is 317 g/mol. The van der Waals surface area contributed by atoms with E-state index in [1.165, 1.54) is 24.0 Å². The normalized spacial score (nSPS) is 16.3. The fraction of sp³-hybridized carbons (Fsp3) is 0.632. The van der Waals surface area contributed by atoms with Crippen LogP contribution in [0.4, 0.5) is 0 Å². The summed E-state index contributed by atoms with van der Waals surface area (Å²) in [5.41, 5.74) is 3.03. The summed E-state index contributed by atoms with van der Waals surface area (Å²) in [6.07, 6.45) is 3.74. The number of aliphatic imine (C=N–C) groups is 1. The van der Waals surface area contributed by atoms with Crippen molar-refractivity contribution in [1.29, 1.82) is 0 Å². The molecule has 0 spiro atoms. The average molecular weight is 317 g/mol. The van der Waals surface area contributed by atoms with Gasteiger partial charge in [-0.15, -0.1) is 0 Å². The van der Waals surface area contributed by atoms with Crippen LogP contribution in [0, 0.1) is 12.3 Å². The lowest BCUT2D eigenvalue weighted by atomic mass is 10.0. The van der Waals surface area contributed by atoms with Crippen LogP contribution in [0.2, 0.25) is 0 Å². The Morgan fingerprint density at radius 2 is 2.00 bits per heavy atom. The van der Waals surface area contributed by atoms with Gasteiger partial charge in [0.1, 0.15) is 0 Å². The first-order chi connectivity index (χ1) is 11.1. The zero-order chi connectivity index (χ0) is 16.7. The SMILES string of the molecule is CCOCCC1(CNC(=NC)N(C)Cc2ccc(C)cc2)CC1. The van der Waals surface area contributed by atoms with E-state index in [2.05, 4.69) is 60.4 Å². The van der Waals surface area contributed by atoms with Crippen molar-refractivity contribution in [1.82, 2.24) is 10.2 Å². The summed E-state index contributed by atoms with van der Waals surface area (Å²) in [5.74, 6) is 0.966. The third-order valence-electron chi connectivity index (χ3n) is 4.67. The molecule has 0 heterocycles. The van der Waals surface area contributed by atoms with Gasteiger partial charge in [0.05, 0.1) is 0 Å². The van der Waals surface area contributed by atoms with Crippen LogP contribution in [-0.4, -0.2) is 44.7 Å². The molecule has 1 aromatic rings. The molecule has 2 rings (SSSR count). The molecule has 1 aliphatic rings. The first-order valence-electron chi connectivity index (χ1n) is 8.64. The number of nitrogens with one attached hydrogen (secondary N) is 1. The molecular weight excluding hydrogens is 286 g/mol. The third kappa shape index (κ3) is 5.54. The van der Waals surface area contributed by atoms with Crippen LogP contribution in [0.5, 0.6) is 0 Å². The van der Waals surface area contributed by atoms with Crippen molar-refractivity contribution in [3.8, 4) is 0 Å². The molecule has 0 aromatic heterocycles. The van der Waals surface area contributed by atoms with Crippen molar-refractivity contribution >= 4 is 5.96 Å². The molecule has 1 aromatic carbocycles. The second kappa shape index (κ2) is 8.34. The van der Waals surface area contributed by atoms with E-state index in [9.17, 15) is 0 Å². The standard InChI is InChI=1S/C19H31N3O/c1-5-23-13-12-19(10-11-19)15-21-18(20-3)22(4)14-17-8-6-16(2)7-9-17/h6-9H,5,10-15H2,1-4H3,(H,20,21). The fourth-order valence-corrected chi connectivity index (χ4v) is 2.82. The Balaban J connectivity index is 1.81. The van der Waals surface area contributed by atoms with Gasteiger partial charge in [-0.25, -0.2) is 0 Å². The molecule has 0 radical (unpaired) electrons. The van der Waals surface area contributed by atoms with Gasteiger partial charge in [0.2, 0.25) is 0 Å². The van der Waals surface area contributed by atoms with E-state index >= 15 is 0 Å². The first kappa shape index (κ1) is 17.8. The van der Waals surface area contributed by atoms with Gasteiger partial charge in [-0.2, -0.15) is 0 Å². The van der Waals surface area contributed by atoms with Crippen molar-refractivity contribution in [2.45, 2.75) is 39.7 Å². The lowest BCUT2D eigenvalue weighted by Crippen LogP contribution is -2.41. The Kier molecular flexibility index (Phi) is 6.46. The van der Waals surface area contributed by atoms with Crippen molar-refractivity contribution in [2.75, 3.05) is 33.9 Å². The predicted molar refractivity (Wildman–Crippen MR) is 96.8 cm³/mol. The molecule has 1 N–H and O–H groups in total. The number of ether oxygens (including phenoxy) is 1. The Hall–Kier alpha value is -1.55. The molecule has 128 valence electrons. The molecule has 0 unspecified atom stereocenters. The van der Waals surface area contributed by atoms with Gasteiger partial charge in [0, 0.05) is 40.4 Å². The minimum absolute atomic E-state index is 0.426. The quantitative estimate of drug-likeness (QED) is 0.454. The van der Waals surface area contributed by atoms with E-state index in [1.54, 1.807) is 0 Å². The molecule has 1 aliphatic carbocycles. The van der Waals surface area contributed by atoms with E-state index in [0.717, 1.165) is 38.7 Å². The molecule has 0 amide bonds. The summed E-state index contributed by atoms with van der Waals surface area (Å²) >= 11 is 0. The third-order valence-corrected chi connectivity index (χ3v) is 4.67. The molecule has 1 fully saturated rings. The van der Waals surface area contributed by atoms with Gasteiger partial charge in [-0.3, -0.25) is 4.99 Å². The first-order valence-corrected chi connectivity index (χ1v) is 8.64. The number of guanidine groups is 1. The van der Waals surface area contributed by atoms with E-state index < -0.39 is 0 Å². The maximum atomic E-state index is 5.51. The minimum Gasteiger partial charge on any atom is -0.382 e. The van der Waals surface area contributed by atoms with E-state index in [4.69, 9.17) is 4.74 Å². The number of aryl methyl sites for hydroxylation is 1. The highest BCUT2D eigenvalue weighted by Gasteiger charge is 2.42. The van der Waals surface area contributed by atoms with Crippen LogP contribution in [-0.2, 0) is 11.3 Å². The maximum absolute atomic E-state index is 5.51. The van der Waals surface area contributed by atoms with Crippen molar-refractivity contribution < 1.29 is 4.74 Å². The summed E-state index contributed by atoms with van der Waals surface area (Å²) in [6.45, 7) is 7.71. The van der Waals surface area contributed by atoms with Crippen LogP contribution in [0.3, 0.4) is 0 Å². The van der Waals surface area contributed by atoms with Gasteiger partial charge in [0.25, 0.3) is 0 Å². The second-order valence-electron chi connectivity index (χ2n) is 6.69. The van der Waals surface area contributed by atoms with Crippen molar-refractivity contribution in [3.63, 3.8) is 0 Å². The average Bonchev–Trinajstić information content (AvgIpc) is 3.31. The minimum atomic E-state index is 0.426. The van der Waals surface area contributed by atoms with Crippen LogP contribution in [0.25, 0.3) is 0 Å². The summed E-state index contributed by atoms with van der Waals surface area (Å²) in [4.78, 5) is 6.61. The summed E-state index contributed by atoms with van der Waals surface area (Å²) in [5, 5.41) is 3.55. The highest BCUT2D eigenvalue weighted by Crippen LogP contribution is 2.48. The molecule has 0 saturated heterocycles. The Bertz CT molecular complexity index is 506. The molecule has 23 heavy (non-hydrogen) atoms. The topological polar surface area (TPSA) is 36.9 Å². The second-order valence-corrected chi connectivity index (χ2v) is 6.69. The van der Waals surface area contributed by atoms with Crippen LogP contribution in [0.1, 0.15) is 37.3 Å². The lowest BCUT2D eigenvalue weighted by molar-refractivity contribution is 0.128. The van der Waals surface area contributed by atoms with Gasteiger partial charge in [0.15, 0.2) is 5.96 Å². The van der Waals surface area contributed by atoms with Gasteiger partial charge in [-0.1, -0.05) is 29.8 Å². The fourth-order valence-electron chi connectivity index (χ4n) is 2.82. The highest BCUT2D eigenvalue weighted by atomic mass is 16.5. The Morgan fingerprint density at radius 3 is 2.57 bits per heavy atom. The largest absolute Gasteiger partial charge is 0.382 e. The number of nitrogens with zero attached hydrogens (tertiary/aromatic N) is 2. The molecule has 4 heteroatoms. The molecular formula is C19H31N3O. The zero-order valence-electron chi connectivity index (χ0n) is 15.1. The van der Waals surface area contributed by atoms with E-state index in [0.29, 0.717) is 5.41 Å². The number of rotatable bonds is 8. The zero-order valence-corrected chi connectivity index (χ0v) is 15.1. The highest BCUT2D eigenvalue weighted by molar-refractivity contribution is 5.79. The predicted octanol–water partition coefficient (Wildman–Crippen LogP) is 3.21. The number of hydrogen-bond donors (Lipinski definition) is 1. The van der Waals surface area contributed by atoms with Crippen molar-refractivity contribution in [3.05, 3.63) is 35.4 Å². The van der Waals surface area contributed by atoms with E-state index in [1.807, 2.05) is 7.05 Å². The number of hydrogen-bond acceptors (Lipinski definition) is 2. The maximum Gasteiger partial charge on any atom is 0.193 e. The molecule has 4 nitrogen and oxygen atoms in total. The van der Waals surface area contributed by atoms with Crippen LogP contribution in [0.15, 0.2) is 29.3 Å². The van der Waals surface area contributed by atoms with Crippen LogP contribution >= 0.6 is 0 Å². The summed E-state index contributed by atoms with van der Waals surface area (Å²) in [7, 11) is 3.95. The molecule has 0 bridgehead atoms. The smallest absolute Gasteiger partial charge is 0.193 e. The summed E-state index contributed by atoms with van der Waals surface area (Å²) < 4.78 is 5.51.